The number of halogens is 2. The summed E-state index contributed by atoms with van der Waals surface area (Å²) in [6.45, 7) is 4.03. The lowest BCUT2D eigenvalue weighted by atomic mass is 10.0. The number of hydrogen-bond acceptors (Lipinski definition) is 2. The summed E-state index contributed by atoms with van der Waals surface area (Å²) in [5.74, 6) is -0.975. The molecular weight excluding hydrogens is 248 g/mol. The third-order valence-corrected chi connectivity index (χ3v) is 2.98. The van der Waals surface area contributed by atoms with Crippen molar-refractivity contribution in [2.75, 3.05) is 0 Å². The smallest absolute Gasteiger partial charge is 0.128 e. The second-order valence-corrected chi connectivity index (χ2v) is 4.86. The number of benzene rings is 1. The monoisotopic (exact) mass is 265 g/mol. The Morgan fingerprint density at radius 3 is 2.63 bits per heavy atom. The summed E-state index contributed by atoms with van der Waals surface area (Å²) in [5.41, 5.74) is 6.87. The minimum atomic E-state index is -0.605. The Bertz CT molecular complexity index is 564. The van der Waals surface area contributed by atoms with Crippen LogP contribution < -0.4 is 5.73 Å². The van der Waals surface area contributed by atoms with E-state index < -0.39 is 17.7 Å². The number of hydrogen-bond donors (Lipinski definition) is 1. The molecule has 0 saturated heterocycles. The largest absolute Gasteiger partial charge is 0.324 e. The predicted octanol–water partition coefficient (Wildman–Crippen LogP) is 2.98. The molecular formula is C14H17F2N3. The molecule has 0 spiro atoms. The van der Waals surface area contributed by atoms with Crippen LogP contribution in [0.4, 0.5) is 8.78 Å². The zero-order valence-corrected chi connectivity index (χ0v) is 11.0. The van der Waals surface area contributed by atoms with Crippen molar-refractivity contribution in [1.29, 1.82) is 0 Å². The van der Waals surface area contributed by atoms with E-state index in [-0.39, 0.29) is 11.6 Å². The maximum atomic E-state index is 13.6. The lowest BCUT2D eigenvalue weighted by Gasteiger charge is -2.12. The van der Waals surface area contributed by atoms with Gasteiger partial charge in [0.15, 0.2) is 0 Å². The molecule has 0 radical (unpaired) electrons. The first-order chi connectivity index (χ1) is 8.97. The van der Waals surface area contributed by atoms with Gasteiger partial charge in [-0.05, 0) is 38.1 Å². The Hall–Kier alpha value is -1.75. The van der Waals surface area contributed by atoms with Gasteiger partial charge < -0.3 is 5.73 Å². The fourth-order valence-corrected chi connectivity index (χ4v) is 1.91. The fourth-order valence-electron chi connectivity index (χ4n) is 1.91. The van der Waals surface area contributed by atoms with Crippen molar-refractivity contribution in [2.45, 2.75) is 32.4 Å². The topological polar surface area (TPSA) is 43.8 Å². The predicted molar refractivity (Wildman–Crippen MR) is 69.6 cm³/mol. The molecule has 1 aromatic heterocycles. The van der Waals surface area contributed by atoms with E-state index in [1.165, 1.54) is 0 Å². The van der Waals surface area contributed by atoms with E-state index in [1.807, 2.05) is 30.8 Å². The normalized spacial score (nSPS) is 12.9. The number of nitrogens with zero attached hydrogens (tertiary/aromatic N) is 2. The van der Waals surface area contributed by atoms with Crippen molar-refractivity contribution in [2.24, 2.45) is 5.73 Å². The summed E-state index contributed by atoms with van der Waals surface area (Å²) >= 11 is 0. The summed E-state index contributed by atoms with van der Waals surface area (Å²) < 4.78 is 28.5. The first kappa shape index (κ1) is 13.7. The van der Waals surface area contributed by atoms with Crippen LogP contribution in [0.5, 0.6) is 0 Å². The Morgan fingerprint density at radius 1 is 1.26 bits per heavy atom. The first-order valence-electron chi connectivity index (χ1n) is 6.22. The van der Waals surface area contributed by atoms with Gasteiger partial charge in [-0.1, -0.05) is 0 Å². The Morgan fingerprint density at radius 2 is 2.00 bits per heavy atom. The molecule has 0 aliphatic heterocycles. The van der Waals surface area contributed by atoms with E-state index in [9.17, 15) is 8.78 Å². The minimum Gasteiger partial charge on any atom is -0.324 e. The standard InChI is InChI=1S/C14H17F2N3/c1-9(2)19-6-5-11(18-19)8-14(17)12-7-10(15)3-4-13(12)16/h3-7,9,14H,8,17H2,1-2H3. The molecule has 0 aliphatic rings. The van der Waals surface area contributed by atoms with Crippen LogP contribution in [0.15, 0.2) is 30.5 Å². The van der Waals surface area contributed by atoms with Crippen LogP contribution >= 0.6 is 0 Å². The highest BCUT2D eigenvalue weighted by Crippen LogP contribution is 2.20. The highest BCUT2D eigenvalue weighted by Gasteiger charge is 2.14. The van der Waals surface area contributed by atoms with Gasteiger partial charge in [-0.25, -0.2) is 8.78 Å². The molecule has 0 saturated carbocycles. The molecule has 1 unspecified atom stereocenters. The molecule has 0 bridgehead atoms. The van der Waals surface area contributed by atoms with Crippen LogP contribution in [0.2, 0.25) is 0 Å². The molecule has 1 heterocycles. The Kier molecular flexibility index (Phi) is 3.95. The van der Waals surface area contributed by atoms with Crippen LogP contribution in [-0.2, 0) is 6.42 Å². The van der Waals surface area contributed by atoms with Crippen molar-refractivity contribution in [3.63, 3.8) is 0 Å². The van der Waals surface area contributed by atoms with Crippen molar-refractivity contribution in [3.8, 4) is 0 Å². The van der Waals surface area contributed by atoms with Gasteiger partial charge in [0.2, 0.25) is 0 Å². The lowest BCUT2D eigenvalue weighted by molar-refractivity contribution is 0.518. The zero-order valence-electron chi connectivity index (χ0n) is 11.0. The van der Waals surface area contributed by atoms with Gasteiger partial charge in [-0.15, -0.1) is 0 Å². The number of nitrogens with two attached hydrogens (primary N) is 1. The molecule has 19 heavy (non-hydrogen) atoms. The molecule has 2 aromatic rings. The summed E-state index contributed by atoms with van der Waals surface area (Å²) in [5, 5.41) is 4.35. The van der Waals surface area contributed by atoms with Crippen molar-refractivity contribution >= 4 is 0 Å². The second kappa shape index (κ2) is 5.48. The van der Waals surface area contributed by atoms with Gasteiger partial charge in [0.1, 0.15) is 11.6 Å². The summed E-state index contributed by atoms with van der Waals surface area (Å²) in [6.07, 6.45) is 2.23. The van der Waals surface area contributed by atoms with Crippen LogP contribution in [-0.4, -0.2) is 9.78 Å². The van der Waals surface area contributed by atoms with E-state index in [0.717, 1.165) is 23.9 Å². The SMILES string of the molecule is CC(C)n1ccc(CC(N)c2cc(F)ccc2F)n1. The number of aromatic nitrogens is 2. The molecule has 1 aromatic carbocycles. The number of rotatable bonds is 4. The first-order valence-corrected chi connectivity index (χ1v) is 6.22. The highest BCUT2D eigenvalue weighted by molar-refractivity contribution is 5.23. The third kappa shape index (κ3) is 3.17. The van der Waals surface area contributed by atoms with Crippen LogP contribution in [0.3, 0.4) is 0 Å². The molecule has 0 amide bonds. The average molecular weight is 265 g/mol. The van der Waals surface area contributed by atoms with Crippen LogP contribution in [0, 0.1) is 11.6 Å². The van der Waals surface area contributed by atoms with E-state index in [4.69, 9.17) is 5.73 Å². The Balaban J connectivity index is 2.15. The van der Waals surface area contributed by atoms with Gasteiger partial charge in [0.25, 0.3) is 0 Å². The van der Waals surface area contributed by atoms with E-state index in [1.54, 1.807) is 0 Å². The molecule has 2 N–H and O–H groups in total. The quantitative estimate of drug-likeness (QED) is 0.923. The highest BCUT2D eigenvalue weighted by atomic mass is 19.1. The molecule has 0 fully saturated rings. The van der Waals surface area contributed by atoms with E-state index in [2.05, 4.69) is 5.10 Å². The van der Waals surface area contributed by atoms with Crippen molar-refractivity contribution < 1.29 is 8.78 Å². The van der Waals surface area contributed by atoms with Gasteiger partial charge in [0, 0.05) is 30.3 Å². The molecule has 2 rings (SSSR count). The third-order valence-electron chi connectivity index (χ3n) is 2.98. The van der Waals surface area contributed by atoms with Crippen LogP contribution in [0.25, 0.3) is 0 Å². The molecule has 0 aliphatic carbocycles. The van der Waals surface area contributed by atoms with Crippen molar-refractivity contribution in [1.82, 2.24) is 9.78 Å². The molecule has 102 valence electrons. The zero-order chi connectivity index (χ0) is 14.0. The van der Waals surface area contributed by atoms with Crippen LogP contribution in [0.1, 0.15) is 37.2 Å². The van der Waals surface area contributed by atoms with Gasteiger partial charge in [0.05, 0.1) is 5.69 Å². The van der Waals surface area contributed by atoms with Gasteiger partial charge in [-0.3, -0.25) is 4.68 Å². The average Bonchev–Trinajstić information content (AvgIpc) is 2.80. The Labute approximate surface area is 111 Å². The van der Waals surface area contributed by atoms with Crippen molar-refractivity contribution in [3.05, 3.63) is 53.4 Å². The molecule has 1 atom stereocenters. The minimum absolute atomic E-state index is 0.180. The summed E-state index contributed by atoms with van der Waals surface area (Å²) in [4.78, 5) is 0. The fraction of sp³-hybridized carbons (Fsp3) is 0.357. The maximum Gasteiger partial charge on any atom is 0.128 e. The van der Waals surface area contributed by atoms with Gasteiger partial charge in [-0.2, -0.15) is 5.10 Å². The second-order valence-electron chi connectivity index (χ2n) is 4.86. The summed E-state index contributed by atoms with van der Waals surface area (Å²) in [7, 11) is 0. The maximum absolute atomic E-state index is 13.6. The molecule has 3 nitrogen and oxygen atoms in total. The summed E-state index contributed by atoms with van der Waals surface area (Å²) in [6, 6.07) is 4.81. The van der Waals surface area contributed by atoms with Gasteiger partial charge >= 0.3 is 0 Å². The van der Waals surface area contributed by atoms with E-state index in [0.29, 0.717) is 6.42 Å². The molecule has 5 heteroatoms. The van der Waals surface area contributed by atoms with E-state index >= 15 is 0 Å². The lowest BCUT2D eigenvalue weighted by Crippen LogP contribution is -2.16.